The van der Waals surface area contributed by atoms with Crippen molar-refractivity contribution >= 4 is 10.9 Å². The molecule has 25 heavy (non-hydrogen) atoms. The summed E-state index contributed by atoms with van der Waals surface area (Å²) in [6.07, 6.45) is 3.64. The maximum atomic E-state index is 11.0. The van der Waals surface area contributed by atoms with Crippen LogP contribution in [0, 0.1) is 6.92 Å². The predicted molar refractivity (Wildman–Crippen MR) is 96.6 cm³/mol. The molecule has 3 aromatic rings. The van der Waals surface area contributed by atoms with Crippen LogP contribution in [0.15, 0.2) is 48.8 Å². The van der Waals surface area contributed by atoms with Gasteiger partial charge < -0.3 is 9.84 Å². The Bertz CT molecular complexity index is 877. The number of hydrogen-bond donors (Lipinski definition) is 1. The highest BCUT2D eigenvalue weighted by Crippen LogP contribution is 2.38. The van der Waals surface area contributed by atoms with Gasteiger partial charge in [0.05, 0.1) is 19.3 Å². The van der Waals surface area contributed by atoms with Gasteiger partial charge in [-0.15, -0.1) is 0 Å². The van der Waals surface area contributed by atoms with Gasteiger partial charge in [-0.1, -0.05) is 24.3 Å². The average Bonchev–Trinajstić information content (AvgIpc) is 2.66. The first-order valence-corrected chi connectivity index (χ1v) is 8.55. The standard InChI is InChI=1S/C20H21N3O2/c1-14-4-5-15-6-7-17(20(24)18(15)22-14)19(16-3-2-8-21-13-16)23-9-11-25-12-10-23/h2-8,13,19,24H,9-12H2,1H3. The Labute approximate surface area is 146 Å². The van der Waals surface area contributed by atoms with E-state index in [1.807, 2.05) is 43.5 Å². The quantitative estimate of drug-likeness (QED) is 0.797. The van der Waals surface area contributed by atoms with Crippen molar-refractivity contribution in [3.05, 3.63) is 65.6 Å². The van der Waals surface area contributed by atoms with Crippen molar-refractivity contribution in [2.45, 2.75) is 13.0 Å². The van der Waals surface area contributed by atoms with E-state index in [0.717, 1.165) is 35.3 Å². The lowest BCUT2D eigenvalue weighted by molar-refractivity contribution is 0.0235. The van der Waals surface area contributed by atoms with Crippen molar-refractivity contribution in [1.82, 2.24) is 14.9 Å². The number of aryl methyl sites for hydroxylation is 1. The number of phenolic OH excluding ortho intramolecular Hbond substituents is 1. The number of rotatable bonds is 3. The lowest BCUT2D eigenvalue weighted by atomic mass is 9.95. The van der Waals surface area contributed by atoms with Crippen LogP contribution in [-0.4, -0.2) is 46.3 Å². The Balaban J connectivity index is 1.86. The number of benzene rings is 1. The third-order valence-corrected chi connectivity index (χ3v) is 4.71. The van der Waals surface area contributed by atoms with Gasteiger partial charge in [0.1, 0.15) is 11.3 Å². The van der Waals surface area contributed by atoms with E-state index < -0.39 is 0 Å². The van der Waals surface area contributed by atoms with E-state index in [1.54, 1.807) is 6.20 Å². The van der Waals surface area contributed by atoms with E-state index in [0.29, 0.717) is 18.7 Å². The first-order valence-electron chi connectivity index (χ1n) is 8.55. The third-order valence-electron chi connectivity index (χ3n) is 4.71. The van der Waals surface area contributed by atoms with Gasteiger partial charge in [0.15, 0.2) is 0 Å². The number of phenols is 1. The van der Waals surface area contributed by atoms with E-state index in [4.69, 9.17) is 4.74 Å². The fourth-order valence-corrected chi connectivity index (χ4v) is 3.47. The molecular weight excluding hydrogens is 314 g/mol. The number of aromatic hydroxyl groups is 1. The highest BCUT2D eigenvalue weighted by atomic mass is 16.5. The molecule has 128 valence electrons. The summed E-state index contributed by atoms with van der Waals surface area (Å²) in [5, 5.41) is 11.9. The van der Waals surface area contributed by atoms with Crippen LogP contribution in [0.5, 0.6) is 5.75 Å². The van der Waals surface area contributed by atoms with Crippen LogP contribution in [-0.2, 0) is 4.74 Å². The summed E-state index contributed by atoms with van der Waals surface area (Å²) in [7, 11) is 0. The molecule has 2 aromatic heterocycles. The van der Waals surface area contributed by atoms with Crippen LogP contribution >= 0.6 is 0 Å². The van der Waals surface area contributed by atoms with Gasteiger partial charge in [0, 0.05) is 42.1 Å². The van der Waals surface area contributed by atoms with Crippen LogP contribution < -0.4 is 0 Å². The maximum absolute atomic E-state index is 11.0. The Hall–Kier alpha value is -2.50. The van der Waals surface area contributed by atoms with E-state index in [2.05, 4.69) is 20.9 Å². The molecule has 1 saturated heterocycles. The SMILES string of the molecule is Cc1ccc2ccc(C(c3cccnc3)N3CCOCC3)c(O)c2n1. The van der Waals surface area contributed by atoms with Gasteiger partial charge >= 0.3 is 0 Å². The summed E-state index contributed by atoms with van der Waals surface area (Å²) in [5.41, 5.74) is 3.47. The molecule has 1 aliphatic rings. The zero-order valence-corrected chi connectivity index (χ0v) is 14.2. The minimum Gasteiger partial charge on any atom is -0.505 e. The Kier molecular flexibility index (Phi) is 4.34. The van der Waals surface area contributed by atoms with E-state index in [-0.39, 0.29) is 11.8 Å². The van der Waals surface area contributed by atoms with Crippen LogP contribution in [0.3, 0.4) is 0 Å². The van der Waals surface area contributed by atoms with Crippen molar-refractivity contribution in [3.8, 4) is 5.75 Å². The molecule has 1 aliphatic heterocycles. The summed E-state index contributed by atoms with van der Waals surface area (Å²) in [5.74, 6) is 0.251. The highest BCUT2D eigenvalue weighted by Gasteiger charge is 2.27. The number of fused-ring (bicyclic) bond motifs is 1. The fraction of sp³-hybridized carbons (Fsp3) is 0.300. The second kappa shape index (κ2) is 6.78. The molecule has 4 rings (SSSR count). The number of morpholine rings is 1. The van der Waals surface area contributed by atoms with Crippen LogP contribution in [0.1, 0.15) is 22.9 Å². The molecule has 5 nitrogen and oxygen atoms in total. The molecule has 1 atom stereocenters. The van der Waals surface area contributed by atoms with Gasteiger partial charge in [-0.05, 0) is 24.6 Å². The normalized spacial score (nSPS) is 16.8. The largest absolute Gasteiger partial charge is 0.505 e. The molecule has 0 bridgehead atoms. The van der Waals surface area contributed by atoms with Gasteiger partial charge in [-0.25, -0.2) is 4.98 Å². The van der Waals surface area contributed by atoms with E-state index >= 15 is 0 Å². The van der Waals surface area contributed by atoms with Gasteiger partial charge in [0.25, 0.3) is 0 Å². The number of hydrogen-bond acceptors (Lipinski definition) is 5. The molecule has 1 fully saturated rings. The molecular formula is C20H21N3O2. The Morgan fingerprint density at radius 1 is 1.12 bits per heavy atom. The van der Waals surface area contributed by atoms with Crippen molar-refractivity contribution in [1.29, 1.82) is 0 Å². The highest BCUT2D eigenvalue weighted by molar-refractivity contribution is 5.86. The Morgan fingerprint density at radius 3 is 2.68 bits per heavy atom. The zero-order valence-electron chi connectivity index (χ0n) is 14.2. The van der Waals surface area contributed by atoms with Gasteiger partial charge in [0.2, 0.25) is 0 Å². The fourth-order valence-electron chi connectivity index (χ4n) is 3.47. The minimum absolute atomic E-state index is 0.0655. The second-order valence-electron chi connectivity index (χ2n) is 6.36. The van der Waals surface area contributed by atoms with E-state index in [1.165, 1.54) is 0 Å². The van der Waals surface area contributed by atoms with E-state index in [9.17, 15) is 5.11 Å². The number of ether oxygens (including phenoxy) is 1. The van der Waals surface area contributed by atoms with Crippen molar-refractivity contribution < 1.29 is 9.84 Å². The topological polar surface area (TPSA) is 58.5 Å². The molecule has 5 heteroatoms. The van der Waals surface area contributed by atoms with Gasteiger partial charge in [-0.3, -0.25) is 9.88 Å². The van der Waals surface area contributed by atoms with Crippen LogP contribution in [0.25, 0.3) is 10.9 Å². The molecule has 0 radical (unpaired) electrons. The Morgan fingerprint density at radius 2 is 1.92 bits per heavy atom. The summed E-state index contributed by atoms with van der Waals surface area (Å²) in [4.78, 5) is 11.2. The second-order valence-corrected chi connectivity index (χ2v) is 6.36. The smallest absolute Gasteiger partial charge is 0.146 e. The van der Waals surface area contributed by atoms with Crippen molar-refractivity contribution in [2.24, 2.45) is 0 Å². The van der Waals surface area contributed by atoms with Gasteiger partial charge in [-0.2, -0.15) is 0 Å². The molecule has 1 unspecified atom stereocenters. The minimum atomic E-state index is -0.0655. The first kappa shape index (κ1) is 16.0. The van der Waals surface area contributed by atoms with Crippen LogP contribution in [0.4, 0.5) is 0 Å². The average molecular weight is 335 g/mol. The molecule has 0 aliphatic carbocycles. The zero-order chi connectivity index (χ0) is 17.2. The lowest BCUT2D eigenvalue weighted by Gasteiger charge is -2.35. The molecule has 0 spiro atoms. The predicted octanol–water partition coefficient (Wildman–Crippen LogP) is 3.07. The summed E-state index contributed by atoms with van der Waals surface area (Å²) >= 11 is 0. The summed E-state index contributed by atoms with van der Waals surface area (Å²) < 4.78 is 5.51. The summed E-state index contributed by atoms with van der Waals surface area (Å²) in [6.45, 7) is 4.97. The number of pyridine rings is 2. The molecule has 1 N–H and O–H groups in total. The van der Waals surface area contributed by atoms with Crippen LogP contribution in [0.2, 0.25) is 0 Å². The lowest BCUT2D eigenvalue weighted by Crippen LogP contribution is -2.39. The third kappa shape index (κ3) is 3.08. The number of nitrogens with zero attached hydrogens (tertiary/aromatic N) is 3. The molecule has 0 amide bonds. The van der Waals surface area contributed by atoms with Crippen molar-refractivity contribution in [3.63, 3.8) is 0 Å². The molecule has 1 aromatic carbocycles. The molecule has 3 heterocycles. The molecule has 0 saturated carbocycles. The maximum Gasteiger partial charge on any atom is 0.146 e. The first-order chi connectivity index (χ1) is 12.2. The monoisotopic (exact) mass is 335 g/mol. The number of aromatic nitrogens is 2. The van der Waals surface area contributed by atoms with Crippen molar-refractivity contribution in [2.75, 3.05) is 26.3 Å². The summed E-state index contributed by atoms with van der Waals surface area (Å²) in [6, 6.07) is 11.9.